The fourth-order valence-electron chi connectivity index (χ4n) is 6.22. The number of imide groups is 1. The van der Waals surface area contributed by atoms with Crippen molar-refractivity contribution in [3.05, 3.63) is 82.4 Å². The second-order valence-electron chi connectivity index (χ2n) is 13.4. The molecule has 4 rings (SSSR count). The Hall–Kier alpha value is -4.12. The molecular weight excluding hydrogens is 641 g/mol. The van der Waals surface area contributed by atoms with E-state index < -0.39 is 17.4 Å². The van der Waals surface area contributed by atoms with Gasteiger partial charge in [0.05, 0.1) is 11.1 Å². The third-order valence-electron chi connectivity index (χ3n) is 9.31. The van der Waals surface area contributed by atoms with Crippen LogP contribution in [0.3, 0.4) is 0 Å². The monoisotopic (exact) mass is 690 g/mol. The van der Waals surface area contributed by atoms with Crippen molar-refractivity contribution in [2.75, 3.05) is 19.6 Å². The first kappa shape index (κ1) is 37.7. The van der Waals surface area contributed by atoms with Gasteiger partial charge in [-0.15, -0.1) is 11.8 Å². The molecule has 10 nitrogen and oxygen atoms in total. The number of fused-ring (bicyclic) bond motifs is 1. The van der Waals surface area contributed by atoms with Gasteiger partial charge in [-0.05, 0) is 41.9 Å². The van der Waals surface area contributed by atoms with Crippen LogP contribution >= 0.6 is 11.8 Å². The average Bonchev–Trinajstić information content (AvgIpc) is 3.67. The number of thioether (sulfide) groups is 1. The van der Waals surface area contributed by atoms with Gasteiger partial charge in [0.15, 0.2) is 0 Å². The van der Waals surface area contributed by atoms with Gasteiger partial charge in [-0.2, -0.15) is 0 Å². The minimum Gasteiger partial charge on any atom is -0.459 e. The number of rotatable bonds is 17. The van der Waals surface area contributed by atoms with E-state index >= 15 is 0 Å². The van der Waals surface area contributed by atoms with Crippen LogP contribution in [0.1, 0.15) is 99.4 Å². The Morgan fingerprint density at radius 1 is 0.980 bits per heavy atom. The fraction of sp³-hybridized carbons (Fsp3) is 0.500. The van der Waals surface area contributed by atoms with E-state index in [1.807, 2.05) is 62.9 Å². The summed E-state index contributed by atoms with van der Waals surface area (Å²) >= 11 is 1.38. The number of ether oxygens (including phenoxy) is 1. The van der Waals surface area contributed by atoms with Crippen LogP contribution in [0, 0.1) is 11.8 Å². The molecule has 49 heavy (non-hydrogen) atoms. The van der Waals surface area contributed by atoms with Crippen molar-refractivity contribution in [2.24, 2.45) is 11.8 Å². The summed E-state index contributed by atoms with van der Waals surface area (Å²) in [4.78, 5) is 68.4. The molecule has 2 aromatic rings. The average molecular weight is 691 g/mol. The minimum atomic E-state index is -0.644. The van der Waals surface area contributed by atoms with Crippen LogP contribution < -0.4 is 10.6 Å². The normalized spacial score (nSPS) is 17.9. The molecule has 0 saturated heterocycles. The van der Waals surface area contributed by atoms with Crippen molar-refractivity contribution in [1.29, 1.82) is 0 Å². The molecule has 1 unspecified atom stereocenters. The molecule has 0 saturated carbocycles. The molecule has 11 heteroatoms. The van der Waals surface area contributed by atoms with E-state index in [-0.39, 0.29) is 54.0 Å². The van der Waals surface area contributed by atoms with E-state index in [9.17, 15) is 24.0 Å². The van der Waals surface area contributed by atoms with Crippen molar-refractivity contribution in [3.63, 3.8) is 0 Å². The predicted molar refractivity (Wildman–Crippen MR) is 191 cm³/mol. The zero-order valence-electron chi connectivity index (χ0n) is 29.4. The van der Waals surface area contributed by atoms with Crippen LogP contribution in [0.25, 0.3) is 0 Å². The number of hydrogen-bond donors (Lipinski definition) is 2. The van der Waals surface area contributed by atoms with Crippen molar-refractivity contribution in [3.8, 4) is 0 Å². The zero-order chi connectivity index (χ0) is 35.7. The van der Waals surface area contributed by atoms with Gasteiger partial charge in [0.1, 0.15) is 17.2 Å². The summed E-state index contributed by atoms with van der Waals surface area (Å²) in [7, 11) is 0. The van der Waals surface area contributed by atoms with E-state index in [0.29, 0.717) is 49.2 Å². The number of carbonyl (C=O) groups is 5. The zero-order valence-corrected chi connectivity index (χ0v) is 30.3. The van der Waals surface area contributed by atoms with Crippen LogP contribution in [-0.2, 0) is 19.1 Å². The van der Waals surface area contributed by atoms with Crippen LogP contribution in [0.15, 0.2) is 65.7 Å². The van der Waals surface area contributed by atoms with Crippen molar-refractivity contribution in [1.82, 2.24) is 20.4 Å². The Bertz CT molecular complexity index is 1490. The molecular formula is C38H50N4O6S. The van der Waals surface area contributed by atoms with Crippen molar-refractivity contribution >= 4 is 41.4 Å². The number of nitrogens with zero attached hydrogens (tertiary/aromatic N) is 2. The summed E-state index contributed by atoms with van der Waals surface area (Å²) in [6.45, 7) is 12.5. The second-order valence-corrected chi connectivity index (χ2v) is 14.4. The topological polar surface area (TPSA) is 125 Å². The molecule has 2 aromatic carbocycles. The maximum Gasteiger partial charge on any atom is 0.303 e. The summed E-state index contributed by atoms with van der Waals surface area (Å²) in [6, 6.07) is 16.5. The molecule has 2 N–H and O–H groups in total. The molecule has 2 aliphatic heterocycles. The lowest BCUT2D eigenvalue weighted by Crippen LogP contribution is -2.50. The Kier molecular flexibility index (Phi) is 13.5. The molecule has 0 spiro atoms. The molecule has 0 bridgehead atoms. The van der Waals surface area contributed by atoms with Crippen LogP contribution in [0.5, 0.6) is 0 Å². The summed E-state index contributed by atoms with van der Waals surface area (Å²) in [5.41, 5.74) is 2.33. The van der Waals surface area contributed by atoms with Crippen LogP contribution in [0.2, 0.25) is 0 Å². The van der Waals surface area contributed by atoms with Gasteiger partial charge in [0, 0.05) is 50.8 Å². The van der Waals surface area contributed by atoms with Gasteiger partial charge in [-0.25, -0.2) is 0 Å². The molecule has 0 aromatic heterocycles. The highest BCUT2D eigenvalue weighted by atomic mass is 32.2. The fourth-order valence-corrected chi connectivity index (χ4v) is 7.22. The van der Waals surface area contributed by atoms with Crippen molar-refractivity contribution in [2.45, 2.75) is 90.7 Å². The van der Waals surface area contributed by atoms with E-state index in [1.165, 1.54) is 23.6 Å². The van der Waals surface area contributed by atoms with Crippen molar-refractivity contribution < 1.29 is 28.7 Å². The van der Waals surface area contributed by atoms with Gasteiger partial charge in [0.25, 0.3) is 17.7 Å². The molecule has 0 radical (unpaired) electrons. The predicted octanol–water partition coefficient (Wildman–Crippen LogP) is 5.71. The smallest absolute Gasteiger partial charge is 0.303 e. The first-order valence-corrected chi connectivity index (χ1v) is 18.2. The number of carbonyl (C=O) groups excluding carboxylic acids is 5. The van der Waals surface area contributed by atoms with E-state index in [2.05, 4.69) is 17.6 Å². The summed E-state index contributed by atoms with van der Waals surface area (Å²) in [5, 5.41) is 7.59. The third kappa shape index (κ3) is 9.74. The minimum absolute atomic E-state index is 0.000137. The molecule has 0 aliphatic carbocycles. The summed E-state index contributed by atoms with van der Waals surface area (Å²) in [5.74, 6) is -1.04. The maximum absolute atomic E-state index is 13.9. The quantitative estimate of drug-likeness (QED) is 0.160. The summed E-state index contributed by atoms with van der Waals surface area (Å²) < 4.78 is 5.86. The molecule has 2 heterocycles. The standard InChI is InChI=1S/C38H50N4O6S/c1-7-25(4)20-34(44)41(18-13-19-42-37(46)29-16-11-12-17-30(29)38(42)47)32(24(2)3)21-33(48-27(6)43)36-40-31(23-49-36)35(45)39-22-26(5)28-14-9-8-10-15-28/h8-12,14-17,23-26,32-33,36,40H,7,13,18-22H2,1-6H3,(H,39,45)/t25-,26+,32+,33+,36?/m0/s1. The Morgan fingerprint density at radius 2 is 1.61 bits per heavy atom. The number of esters is 1. The van der Waals surface area contributed by atoms with Gasteiger partial charge in [0.2, 0.25) is 5.91 Å². The first-order chi connectivity index (χ1) is 23.4. The number of nitrogens with one attached hydrogen (secondary N) is 2. The molecule has 5 atom stereocenters. The SMILES string of the molecule is CC[C@H](C)CC(=O)N(CCCN1C(=O)c2ccccc2C1=O)[C@H](C[C@@H](OC(C)=O)C1NC(C(=O)NC[C@@H](C)c2ccccc2)=CS1)C(C)C. The molecule has 4 amide bonds. The Labute approximate surface area is 294 Å². The van der Waals surface area contributed by atoms with Crippen LogP contribution in [-0.4, -0.2) is 76.6 Å². The van der Waals surface area contributed by atoms with E-state index in [4.69, 9.17) is 4.74 Å². The molecule has 264 valence electrons. The van der Waals surface area contributed by atoms with Crippen LogP contribution in [0.4, 0.5) is 0 Å². The van der Waals surface area contributed by atoms with Gasteiger partial charge < -0.3 is 20.3 Å². The van der Waals surface area contributed by atoms with E-state index in [1.54, 1.807) is 29.7 Å². The lowest BCUT2D eigenvalue weighted by molar-refractivity contribution is -0.148. The second kappa shape index (κ2) is 17.5. The Morgan fingerprint density at radius 3 is 2.20 bits per heavy atom. The molecule has 2 aliphatic rings. The van der Waals surface area contributed by atoms with Gasteiger partial charge >= 0.3 is 5.97 Å². The summed E-state index contributed by atoms with van der Waals surface area (Å²) in [6.07, 6.45) is 1.31. The lowest BCUT2D eigenvalue weighted by Gasteiger charge is -2.38. The third-order valence-corrected chi connectivity index (χ3v) is 10.4. The maximum atomic E-state index is 13.9. The molecule has 0 fully saturated rings. The van der Waals surface area contributed by atoms with Gasteiger partial charge in [-0.1, -0.05) is 83.5 Å². The van der Waals surface area contributed by atoms with Gasteiger partial charge in [-0.3, -0.25) is 28.9 Å². The highest BCUT2D eigenvalue weighted by molar-refractivity contribution is 8.03. The van der Waals surface area contributed by atoms with E-state index in [0.717, 1.165) is 12.0 Å². The highest BCUT2D eigenvalue weighted by Gasteiger charge is 2.38. The number of hydrogen-bond acceptors (Lipinski definition) is 8. The first-order valence-electron chi connectivity index (χ1n) is 17.3. The number of benzene rings is 2. The number of amides is 4. The lowest BCUT2D eigenvalue weighted by atomic mass is 9.94. The Balaban J connectivity index is 1.44. The largest absolute Gasteiger partial charge is 0.459 e. The highest BCUT2D eigenvalue weighted by Crippen LogP contribution is 2.31.